The smallest absolute Gasteiger partial charge is 0.166 e. The molecule has 0 unspecified atom stereocenters. The van der Waals surface area contributed by atoms with Gasteiger partial charge in [-0.25, -0.2) is 0 Å². The van der Waals surface area contributed by atoms with E-state index in [4.69, 9.17) is 0 Å². The lowest BCUT2D eigenvalue weighted by atomic mass is 9.98. The van der Waals surface area contributed by atoms with Crippen molar-refractivity contribution in [3.05, 3.63) is 20.9 Å². The van der Waals surface area contributed by atoms with Crippen molar-refractivity contribution in [1.29, 1.82) is 0 Å². The van der Waals surface area contributed by atoms with E-state index in [1.165, 1.54) is 10.4 Å². The first kappa shape index (κ1) is 10.5. The molecule has 0 aliphatic carbocycles. The summed E-state index contributed by atoms with van der Waals surface area (Å²) in [6, 6.07) is 0. The zero-order valence-electron chi connectivity index (χ0n) is 8.89. The van der Waals surface area contributed by atoms with Crippen LogP contribution in [0.3, 0.4) is 0 Å². The summed E-state index contributed by atoms with van der Waals surface area (Å²) in [5.74, 6) is 0.380. The molecule has 0 amide bonds. The molecule has 0 atom stereocenters. The van der Waals surface area contributed by atoms with Crippen LogP contribution in [-0.4, -0.2) is 5.78 Å². The summed E-state index contributed by atoms with van der Waals surface area (Å²) in [6.45, 7) is 10.0. The molecule has 72 valence electrons. The fraction of sp³-hybridized carbons (Fsp3) is 0.545. The normalized spacial score (nSPS) is 10.9. The Morgan fingerprint density at radius 1 is 1.15 bits per heavy atom. The van der Waals surface area contributed by atoms with E-state index in [0.29, 0.717) is 0 Å². The monoisotopic (exact) mass is 196 g/mol. The number of carbonyl (C=O) groups excluding carboxylic acids is 1. The van der Waals surface area contributed by atoms with Crippen LogP contribution in [0, 0.1) is 26.7 Å². The molecule has 1 nitrogen and oxygen atoms in total. The highest BCUT2D eigenvalue weighted by molar-refractivity contribution is 7.12. The standard InChI is InChI=1S/C11H16OS/c1-6(2)11(12)10-7(3)8(4)13-9(10)5/h6H,1-5H3. The predicted molar refractivity (Wildman–Crippen MR) is 57.7 cm³/mol. The number of aryl methyl sites for hydroxylation is 2. The number of rotatable bonds is 2. The number of hydrogen-bond acceptors (Lipinski definition) is 2. The molecule has 0 N–H and O–H groups in total. The van der Waals surface area contributed by atoms with E-state index < -0.39 is 0 Å². The first-order chi connectivity index (χ1) is 5.95. The molecule has 0 aromatic carbocycles. The highest BCUT2D eigenvalue weighted by atomic mass is 32.1. The molecule has 0 saturated heterocycles. The molecule has 1 aromatic heterocycles. The molecule has 1 rings (SSSR count). The van der Waals surface area contributed by atoms with Crippen molar-refractivity contribution >= 4 is 17.1 Å². The van der Waals surface area contributed by atoms with Crippen LogP contribution in [0.2, 0.25) is 0 Å². The fourth-order valence-electron chi connectivity index (χ4n) is 1.44. The first-order valence-electron chi connectivity index (χ1n) is 4.56. The van der Waals surface area contributed by atoms with Crippen LogP contribution < -0.4 is 0 Å². The van der Waals surface area contributed by atoms with Gasteiger partial charge in [0.15, 0.2) is 5.78 Å². The van der Waals surface area contributed by atoms with Gasteiger partial charge in [-0.1, -0.05) is 13.8 Å². The van der Waals surface area contributed by atoms with E-state index in [9.17, 15) is 4.79 Å². The predicted octanol–water partition coefficient (Wildman–Crippen LogP) is 3.51. The summed E-state index contributed by atoms with van der Waals surface area (Å²) in [7, 11) is 0. The van der Waals surface area contributed by atoms with Crippen molar-refractivity contribution in [2.24, 2.45) is 5.92 Å². The number of ketones is 1. The average molecular weight is 196 g/mol. The molecule has 0 spiro atoms. The SMILES string of the molecule is Cc1sc(C)c(C(=O)C(C)C)c1C. The van der Waals surface area contributed by atoms with Gasteiger partial charge in [0.2, 0.25) is 0 Å². The molecule has 0 aliphatic heterocycles. The number of thiophene rings is 1. The number of hydrogen-bond donors (Lipinski definition) is 0. The lowest BCUT2D eigenvalue weighted by Gasteiger charge is -2.04. The van der Waals surface area contributed by atoms with Crippen molar-refractivity contribution in [3.8, 4) is 0 Å². The Balaban J connectivity index is 3.21. The Bertz CT molecular complexity index is 334. The largest absolute Gasteiger partial charge is 0.294 e. The van der Waals surface area contributed by atoms with Gasteiger partial charge < -0.3 is 0 Å². The van der Waals surface area contributed by atoms with E-state index in [1.54, 1.807) is 11.3 Å². The topological polar surface area (TPSA) is 17.1 Å². The Kier molecular flexibility index (Phi) is 2.91. The van der Waals surface area contributed by atoms with Crippen LogP contribution in [-0.2, 0) is 0 Å². The Labute approximate surface area is 83.8 Å². The zero-order valence-corrected chi connectivity index (χ0v) is 9.71. The molecule has 0 fully saturated rings. The second kappa shape index (κ2) is 3.62. The molecule has 1 aromatic rings. The molecular weight excluding hydrogens is 180 g/mol. The second-order valence-corrected chi connectivity index (χ2v) is 5.16. The molecule has 0 bridgehead atoms. The van der Waals surface area contributed by atoms with E-state index in [2.05, 4.69) is 6.92 Å². The van der Waals surface area contributed by atoms with Crippen molar-refractivity contribution in [2.45, 2.75) is 34.6 Å². The van der Waals surface area contributed by atoms with E-state index in [-0.39, 0.29) is 11.7 Å². The van der Waals surface area contributed by atoms with Crippen molar-refractivity contribution in [3.63, 3.8) is 0 Å². The summed E-state index contributed by atoms with van der Waals surface area (Å²) in [4.78, 5) is 14.2. The van der Waals surface area contributed by atoms with E-state index in [0.717, 1.165) is 10.4 Å². The first-order valence-corrected chi connectivity index (χ1v) is 5.37. The molecule has 2 heteroatoms. The number of carbonyl (C=O) groups is 1. The van der Waals surface area contributed by atoms with Gasteiger partial charge in [-0.15, -0.1) is 11.3 Å². The summed E-state index contributed by atoms with van der Waals surface area (Å²) < 4.78 is 0. The third-order valence-corrected chi connectivity index (χ3v) is 3.45. The van der Waals surface area contributed by atoms with E-state index >= 15 is 0 Å². The van der Waals surface area contributed by atoms with Crippen LogP contribution in [0.15, 0.2) is 0 Å². The summed E-state index contributed by atoms with van der Waals surface area (Å²) in [5, 5.41) is 0. The van der Waals surface area contributed by atoms with Gasteiger partial charge in [-0.2, -0.15) is 0 Å². The van der Waals surface area contributed by atoms with Gasteiger partial charge in [0, 0.05) is 21.2 Å². The van der Waals surface area contributed by atoms with Crippen molar-refractivity contribution in [2.75, 3.05) is 0 Å². The maximum Gasteiger partial charge on any atom is 0.166 e. The Morgan fingerprint density at radius 2 is 1.69 bits per heavy atom. The fourth-order valence-corrected chi connectivity index (χ4v) is 2.51. The van der Waals surface area contributed by atoms with Crippen molar-refractivity contribution in [1.82, 2.24) is 0 Å². The molecule has 0 aliphatic rings. The van der Waals surface area contributed by atoms with Crippen LogP contribution in [0.5, 0.6) is 0 Å². The van der Waals surface area contributed by atoms with Crippen LogP contribution >= 0.6 is 11.3 Å². The Morgan fingerprint density at radius 3 is 2.00 bits per heavy atom. The maximum atomic E-state index is 11.8. The third kappa shape index (κ3) is 1.83. The molecule has 0 radical (unpaired) electrons. The molecule has 13 heavy (non-hydrogen) atoms. The zero-order chi connectivity index (χ0) is 10.2. The molecular formula is C11H16OS. The lowest BCUT2D eigenvalue weighted by molar-refractivity contribution is 0.0938. The van der Waals surface area contributed by atoms with Crippen molar-refractivity contribution < 1.29 is 4.79 Å². The van der Waals surface area contributed by atoms with Gasteiger partial charge in [0.05, 0.1) is 0 Å². The van der Waals surface area contributed by atoms with Gasteiger partial charge in [-0.05, 0) is 26.3 Å². The van der Waals surface area contributed by atoms with Crippen LogP contribution in [0.4, 0.5) is 0 Å². The van der Waals surface area contributed by atoms with Crippen LogP contribution in [0.25, 0.3) is 0 Å². The van der Waals surface area contributed by atoms with Gasteiger partial charge >= 0.3 is 0 Å². The highest BCUT2D eigenvalue weighted by Gasteiger charge is 2.18. The van der Waals surface area contributed by atoms with E-state index in [1.807, 2.05) is 27.7 Å². The molecule has 0 saturated carbocycles. The van der Waals surface area contributed by atoms with Gasteiger partial charge in [-0.3, -0.25) is 4.79 Å². The average Bonchev–Trinajstić information content (AvgIpc) is 2.26. The number of Topliss-reactive ketones (excluding diaryl/α,β-unsaturated/α-hetero) is 1. The lowest BCUT2D eigenvalue weighted by Crippen LogP contribution is -2.09. The van der Waals surface area contributed by atoms with Crippen LogP contribution in [0.1, 0.15) is 39.5 Å². The van der Waals surface area contributed by atoms with Gasteiger partial charge in [0.1, 0.15) is 0 Å². The second-order valence-electron chi connectivity index (χ2n) is 3.73. The molecule has 1 heterocycles. The minimum absolute atomic E-state index is 0.103. The van der Waals surface area contributed by atoms with Gasteiger partial charge in [0.25, 0.3) is 0 Å². The quantitative estimate of drug-likeness (QED) is 0.661. The minimum atomic E-state index is 0.103. The highest BCUT2D eigenvalue weighted by Crippen LogP contribution is 2.28. The minimum Gasteiger partial charge on any atom is -0.294 e. The summed E-state index contributed by atoms with van der Waals surface area (Å²) in [5.41, 5.74) is 2.12. The summed E-state index contributed by atoms with van der Waals surface area (Å²) in [6.07, 6.45) is 0. The maximum absolute atomic E-state index is 11.8. The summed E-state index contributed by atoms with van der Waals surface area (Å²) >= 11 is 1.72. The third-order valence-electron chi connectivity index (χ3n) is 2.33. The Hall–Kier alpha value is -0.630.